The quantitative estimate of drug-likeness (QED) is 0.785. The van der Waals surface area contributed by atoms with Crippen LogP contribution in [0.25, 0.3) is 5.69 Å². The summed E-state index contributed by atoms with van der Waals surface area (Å²) in [4.78, 5) is 0. The van der Waals surface area contributed by atoms with Gasteiger partial charge in [-0.05, 0) is 47.5 Å². The molecular formula is C13H18N4O. The largest absolute Gasteiger partial charge is 0.494 e. The predicted molar refractivity (Wildman–Crippen MR) is 68.9 cm³/mol. The second kappa shape index (κ2) is 6.14. The Morgan fingerprint density at radius 2 is 1.89 bits per heavy atom. The third kappa shape index (κ3) is 2.85. The van der Waals surface area contributed by atoms with E-state index in [4.69, 9.17) is 4.74 Å². The van der Waals surface area contributed by atoms with E-state index in [0.717, 1.165) is 43.1 Å². The van der Waals surface area contributed by atoms with Gasteiger partial charge in [-0.1, -0.05) is 13.8 Å². The van der Waals surface area contributed by atoms with E-state index < -0.39 is 0 Å². The minimum atomic E-state index is 0.741. The first-order valence-electron chi connectivity index (χ1n) is 6.35. The van der Waals surface area contributed by atoms with Crippen molar-refractivity contribution >= 4 is 0 Å². The van der Waals surface area contributed by atoms with Crippen LogP contribution in [0.2, 0.25) is 0 Å². The molecule has 0 aliphatic heterocycles. The summed E-state index contributed by atoms with van der Waals surface area (Å²) in [7, 11) is 0. The maximum atomic E-state index is 5.54. The molecule has 2 rings (SSSR count). The first-order chi connectivity index (χ1) is 8.85. The van der Waals surface area contributed by atoms with Crippen LogP contribution >= 0.6 is 0 Å². The Balaban J connectivity index is 2.15. The van der Waals surface area contributed by atoms with Gasteiger partial charge in [0.1, 0.15) is 5.75 Å². The molecule has 1 aromatic heterocycles. The normalized spacial score (nSPS) is 10.6. The Bertz CT molecular complexity index is 478. The molecule has 0 atom stereocenters. The molecule has 0 unspecified atom stereocenters. The fourth-order valence-corrected chi connectivity index (χ4v) is 1.69. The number of benzene rings is 1. The summed E-state index contributed by atoms with van der Waals surface area (Å²) >= 11 is 0. The van der Waals surface area contributed by atoms with Crippen molar-refractivity contribution in [3.8, 4) is 11.4 Å². The molecule has 0 bridgehead atoms. The van der Waals surface area contributed by atoms with Crippen molar-refractivity contribution in [2.75, 3.05) is 6.61 Å². The summed E-state index contributed by atoms with van der Waals surface area (Å²) in [5.41, 5.74) is 0.965. The molecule has 0 saturated carbocycles. The van der Waals surface area contributed by atoms with Gasteiger partial charge < -0.3 is 4.74 Å². The molecule has 0 N–H and O–H groups in total. The smallest absolute Gasteiger partial charge is 0.156 e. The van der Waals surface area contributed by atoms with Gasteiger partial charge in [-0.3, -0.25) is 0 Å². The number of hydrogen-bond donors (Lipinski definition) is 0. The highest BCUT2D eigenvalue weighted by Crippen LogP contribution is 2.16. The number of aromatic nitrogens is 4. The van der Waals surface area contributed by atoms with E-state index in [0.29, 0.717) is 0 Å². The maximum Gasteiger partial charge on any atom is 0.156 e. The standard InChI is InChI=1S/C13H18N4O/c1-3-5-13-14-15-16-17(13)11-6-8-12(9-7-11)18-10-4-2/h6-9H,3-5,10H2,1-2H3. The van der Waals surface area contributed by atoms with Crippen molar-refractivity contribution in [2.45, 2.75) is 33.1 Å². The SMILES string of the molecule is CCCOc1ccc(-n2nnnc2CCC)cc1. The van der Waals surface area contributed by atoms with Gasteiger partial charge in [0.2, 0.25) is 0 Å². The molecule has 96 valence electrons. The lowest BCUT2D eigenvalue weighted by molar-refractivity contribution is 0.317. The monoisotopic (exact) mass is 246 g/mol. The summed E-state index contributed by atoms with van der Waals surface area (Å²) in [6.07, 6.45) is 2.91. The first kappa shape index (κ1) is 12.5. The minimum absolute atomic E-state index is 0.741. The Kier molecular flexibility index (Phi) is 4.28. The summed E-state index contributed by atoms with van der Waals surface area (Å²) in [5.74, 6) is 1.77. The molecule has 1 aromatic carbocycles. The fourth-order valence-electron chi connectivity index (χ4n) is 1.69. The van der Waals surface area contributed by atoms with E-state index in [2.05, 4.69) is 29.4 Å². The molecule has 1 heterocycles. The summed E-state index contributed by atoms with van der Waals surface area (Å²) in [6.45, 7) is 4.94. The van der Waals surface area contributed by atoms with E-state index in [9.17, 15) is 0 Å². The average Bonchev–Trinajstić information content (AvgIpc) is 2.86. The zero-order valence-electron chi connectivity index (χ0n) is 10.8. The number of aryl methyl sites for hydroxylation is 1. The van der Waals surface area contributed by atoms with Crippen molar-refractivity contribution in [1.29, 1.82) is 0 Å². The topological polar surface area (TPSA) is 52.8 Å². The van der Waals surface area contributed by atoms with E-state index in [-0.39, 0.29) is 0 Å². The average molecular weight is 246 g/mol. The molecule has 0 aliphatic carbocycles. The Hall–Kier alpha value is -1.91. The van der Waals surface area contributed by atoms with Gasteiger partial charge in [-0.25, -0.2) is 0 Å². The highest BCUT2D eigenvalue weighted by atomic mass is 16.5. The second-order valence-electron chi connectivity index (χ2n) is 4.10. The highest BCUT2D eigenvalue weighted by Gasteiger charge is 2.06. The lowest BCUT2D eigenvalue weighted by atomic mass is 10.3. The lowest BCUT2D eigenvalue weighted by Gasteiger charge is -2.06. The van der Waals surface area contributed by atoms with Crippen LogP contribution in [0.3, 0.4) is 0 Å². The van der Waals surface area contributed by atoms with Crippen LogP contribution < -0.4 is 4.74 Å². The van der Waals surface area contributed by atoms with E-state index in [1.165, 1.54) is 0 Å². The molecule has 5 nitrogen and oxygen atoms in total. The maximum absolute atomic E-state index is 5.54. The number of ether oxygens (including phenoxy) is 1. The second-order valence-corrected chi connectivity index (χ2v) is 4.10. The van der Waals surface area contributed by atoms with Crippen LogP contribution in [-0.2, 0) is 6.42 Å². The van der Waals surface area contributed by atoms with Crippen LogP contribution in [0.4, 0.5) is 0 Å². The van der Waals surface area contributed by atoms with Crippen molar-refractivity contribution in [3.05, 3.63) is 30.1 Å². The molecule has 0 radical (unpaired) electrons. The number of tetrazole rings is 1. The lowest BCUT2D eigenvalue weighted by Crippen LogP contribution is -2.03. The fraction of sp³-hybridized carbons (Fsp3) is 0.462. The zero-order valence-corrected chi connectivity index (χ0v) is 10.8. The Morgan fingerprint density at radius 3 is 2.56 bits per heavy atom. The Morgan fingerprint density at radius 1 is 1.11 bits per heavy atom. The molecule has 0 saturated heterocycles. The van der Waals surface area contributed by atoms with Crippen LogP contribution in [0.1, 0.15) is 32.5 Å². The summed E-state index contributed by atoms with van der Waals surface area (Å²) < 4.78 is 7.32. The van der Waals surface area contributed by atoms with Crippen LogP contribution in [0, 0.1) is 0 Å². The minimum Gasteiger partial charge on any atom is -0.494 e. The van der Waals surface area contributed by atoms with Crippen molar-refractivity contribution in [1.82, 2.24) is 20.2 Å². The number of rotatable bonds is 6. The highest BCUT2D eigenvalue weighted by molar-refractivity contribution is 5.37. The van der Waals surface area contributed by atoms with Gasteiger partial charge in [0.25, 0.3) is 0 Å². The van der Waals surface area contributed by atoms with Gasteiger partial charge in [-0.2, -0.15) is 4.68 Å². The van der Waals surface area contributed by atoms with Gasteiger partial charge in [0, 0.05) is 6.42 Å². The molecule has 0 spiro atoms. The van der Waals surface area contributed by atoms with Crippen molar-refractivity contribution < 1.29 is 4.74 Å². The molecular weight excluding hydrogens is 228 g/mol. The molecule has 2 aromatic rings. The van der Waals surface area contributed by atoms with Crippen molar-refractivity contribution in [3.63, 3.8) is 0 Å². The summed E-state index contributed by atoms with van der Waals surface area (Å²) in [6, 6.07) is 7.84. The molecule has 0 aliphatic rings. The van der Waals surface area contributed by atoms with Gasteiger partial charge >= 0.3 is 0 Å². The number of nitrogens with zero attached hydrogens (tertiary/aromatic N) is 4. The molecule has 0 fully saturated rings. The van der Waals surface area contributed by atoms with Gasteiger partial charge in [0.05, 0.1) is 12.3 Å². The van der Waals surface area contributed by atoms with Gasteiger partial charge in [-0.15, -0.1) is 5.10 Å². The van der Waals surface area contributed by atoms with Crippen LogP contribution in [-0.4, -0.2) is 26.8 Å². The van der Waals surface area contributed by atoms with E-state index in [1.807, 2.05) is 24.3 Å². The third-order valence-corrected chi connectivity index (χ3v) is 2.56. The third-order valence-electron chi connectivity index (χ3n) is 2.56. The van der Waals surface area contributed by atoms with E-state index >= 15 is 0 Å². The predicted octanol–water partition coefficient (Wildman–Crippen LogP) is 2.40. The molecule has 0 amide bonds. The van der Waals surface area contributed by atoms with Crippen LogP contribution in [0.5, 0.6) is 5.75 Å². The number of hydrogen-bond acceptors (Lipinski definition) is 4. The molecule has 18 heavy (non-hydrogen) atoms. The van der Waals surface area contributed by atoms with Gasteiger partial charge in [0.15, 0.2) is 5.82 Å². The first-order valence-corrected chi connectivity index (χ1v) is 6.35. The molecule has 5 heteroatoms. The van der Waals surface area contributed by atoms with Crippen LogP contribution in [0.15, 0.2) is 24.3 Å². The van der Waals surface area contributed by atoms with E-state index in [1.54, 1.807) is 4.68 Å². The Labute approximate surface area is 107 Å². The zero-order chi connectivity index (χ0) is 12.8. The summed E-state index contributed by atoms with van der Waals surface area (Å²) in [5, 5.41) is 11.8. The van der Waals surface area contributed by atoms with Crippen molar-refractivity contribution in [2.24, 2.45) is 0 Å².